The van der Waals surface area contributed by atoms with Crippen LogP contribution in [0.4, 0.5) is 9.39 Å². The van der Waals surface area contributed by atoms with E-state index in [4.69, 9.17) is 4.74 Å². The summed E-state index contributed by atoms with van der Waals surface area (Å²) in [5, 5.41) is 3.21. The molecule has 1 unspecified atom stereocenters. The smallest absolute Gasteiger partial charge is 0.341 e. The minimum Gasteiger partial charge on any atom is -0.465 e. The van der Waals surface area contributed by atoms with Gasteiger partial charge in [0, 0.05) is 11.4 Å². The van der Waals surface area contributed by atoms with E-state index in [0.29, 0.717) is 23.4 Å². The summed E-state index contributed by atoms with van der Waals surface area (Å²) >= 11 is 1.36. The molecule has 1 N–H and O–H groups in total. The van der Waals surface area contributed by atoms with Gasteiger partial charge in [0.1, 0.15) is 16.9 Å². The number of rotatable bonds is 5. The predicted molar refractivity (Wildman–Crippen MR) is 114 cm³/mol. The number of halogens is 1. The first-order valence-electron chi connectivity index (χ1n) is 10.1. The molecule has 1 aliphatic carbocycles. The Kier molecular flexibility index (Phi) is 6.14. The fourth-order valence-corrected chi connectivity index (χ4v) is 7.14. The Labute approximate surface area is 184 Å². The SMILES string of the molecule is COC(=O)c1c(NC(=O)C2CCCN2S(=O)(=O)c2ccc(F)cc2)sc2c1CCCC2. The molecule has 0 bridgehead atoms. The number of nitrogens with one attached hydrogen (secondary N) is 1. The number of nitrogens with zero attached hydrogens (tertiary/aromatic N) is 1. The Bertz CT molecular complexity index is 1110. The largest absolute Gasteiger partial charge is 0.465 e. The molecule has 1 aliphatic heterocycles. The van der Waals surface area contributed by atoms with Crippen LogP contribution in [-0.2, 0) is 32.4 Å². The van der Waals surface area contributed by atoms with E-state index in [-0.39, 0.29) is 11.4 Å². The van der Waals surface area contributed by atoms with Crippen LogP contribution in [0.3, 0.4) is 0 Å². The molecule has 166 valence electrons. The molecular weight excluding hydrogens is 443 g/mol. The number of hydrogen-bond donors (Lipinski definition) is 1. The van der Waals surface area contributed by atoms with E-state index in [2.05, 4.69) is 5.32 Å². The van der Waals surface area contributed by atoms with Crippen molar-refractivity contribution in [3.63, 3.8) is 0 Å². The average Bonchev–Trinajstić information content (AvgIpc) is 3.39. The van der Waals surface area contributed by atoms with E-state index in [9.17, 15) is 22.4 Å². The second-order valence-electron chi connectivity index (χ2n) is 7.62. The van der Waals surface area contributed by atoms with Gasteiger partial charge in [0.25, 0.3) is 0 Å². The topological polar surface area (TPSA) is 92.8 Å². The van der Waals surface area contributed by atoms with Gasteiger partial charge >= 0.3 is 5.97 Å². The summed E-state index contributed by atoms with van der Waals surface area (Å²) in [6.07, 6.45) is 4.48. The highest BCUT2D eigenvalue weighted by Crippen LogP contribution is 2.39. The number of ether oxygens (including phenoxy) is 1. The first-order valence-corrected chi connectivity index (χ1v) is 12.4. The third-order valence-corrected chi connectivity index (χ3v) is 8.85. The van der Waals surface area contributed by atoms with Gasteiger partial charge in [-0.25, -0.2) is 17.6 Å². The Morgan fingerprint density at radius 3 is 2.58 bits per heavy atom. The molecule has 4 rings (SSSR count). The van der Waals surface area contributed by atoms with Crippen molar-refractivity contribution in [2.45, 2.75) is 49.5 Å². The van der Waals surface area contributed by atoms with Crippen molar-refractivity contribution in [1.82, 2.24) is 4.31 Å². The van der Waals surface area contributed by atoms with Crippen LogP contribution in [0.25, 0.3) is 0 Å². The number of amides is 1. The Morgan fingerprint density at radius 2 is 1.87 bits per heavy atom. The van der Waals surface area contributed by atoms with Crippen molar-refractivity contribution in [2.24, 2.45) is 0 Å². The van der Waals surface area contributed by atoms with Gasteiger partial charge in [-0.3, -0.25) is 4.79 Å². The normalized spacial score (nSPS) is 19.1. The number of hydrogen-bond acceptors (Lipinski definition) is 6. The molecule has 1 atom stereocenters. The lowest BCUT2D eigenvalue weighted by Crippen LogP contribution is -2.43. The monoisotopic (exact) mass is 466 g/mol. The Balaban J connectivity index is 1.61. The van der Waals surface area contributed by atoms with Crippen molar-refractivity contribution >= 4 is 38.2 Å². The van der Waals surface area contributed by atoms with Gasteiger partial charge in [0.2, 0.25) is 15.9 Å². The summed E-state index contributed by atoms with van der Waals surface area (Å²) in [7, 11) is -2.66. The maximum Gasteiger partial charge on any atom is 0.341 e. The standard InChI is InChI=1S/C21H23FN2O5S2/c1-29-21(26)18-15-5-2-3-7-17(15)30-20(18)23-19(25)16-6-4-12-24(16)31(27,28)14-10-8-13(22)9-11-14/h8-11,16H,2-7,12H2,1H3,(H,23,25). The summed E-state index contributed by atoms with van der Waals surface area (Å²) in [4.78, 5) is 26.5. The summed E-state index contributed by atoms with van der Waals surface area (Å²) in [6.45, 7) is 0.197. The summed E-state index contributed by atoms with van der Waals surface area (Å²) < 4.78 is 45.4. The Hall–Kier alpha value is -2.30. The number of carbonyl (C=O) groups is 2. The van der Waals surface area contributed by atoms with Crippen LogP contribution >= 0.6 is 11.3 Å². The molecule has 0 radical (unpaired) electrons. The minimum atomic E-state index is -3.96. The molecule has 10 heteroatoms. The fourth-order valence-electron chi connectivity index (χ4n) is 4.20. The van der Waals surface area contributed by atoms with Gasteiger partial charge in [-0.15, -0.1) is 11.3 Å². The average molecular weight is 467 g/mol. The van der Waals surface area contributed by atoms with Crippen molar-refractivity contribution in [1.29, 1.82) is 0 Å². The van der Waals surface area contributed by atoms with E-state index in [1.807, 2.05) is 0 Å². The summed E-state index contributed by atoms with van der Waals surface area (Å²) in [6, 6.07) is 3.65. The lowest BCUT2D eigenvalue weighted by atomic mass is 9.95. The van der Waals surface area contributed by atoms with Crippen molar-refractivity contribution in [3.05, 3.63) is 46.1 Å². The third-order valence-electron chi connectivity index (χ3n) is 5.72. The van der Waals surface area contributed by atoms with Crippen LogP contribution in [0.2, 0.25) is 0 Å². The first kappa shape index (κ1) is 21.9. The number of thiophene rings is 1. The molecule has 1 fully saturated rings. The Morgan fingerprint density at radius 1 is 1.16 bits per heavy atom. The van der Waals surface area contributed by atoms with Crippen LogP contribution in [0, 0.1) is 5.82 Å². The van der Waals surface area contributed by atoms with Crippen molar-refractivity contribution < 1.29 is 27.1 Å². The van der Waals surface area contributed by atoms with E-state index in [0.717, 1.165) is 52.6 Å². The van der Waals surface area contributed by atoms with Gasteiger partial charge in [0.05, 0.1) is 17.6 Å². The van der Waals surface area contributed by atoms with Gasteiger partial charge in [-0.1, -0.05) is 0 Å². The predicted octanol–water partition coefficient (Wildman–Crippen LogP) is 3.34. The van der Waals surface area contributed by atoms with Crippen LogP contribution < -0.4 is 5.32 Å². The number of sulfonamides is 1. The minimum absolute atomic E-state index is 0.0598. The molecule has 0 saturated carbocycles. The van der Waals surface area contributed by atoms with Gasteiger partial charge in [0.15, 0.2) is 0 Å². The van der Waals surface area contributed by atoms with E-state index in [1.165, 1.54) is 30.6 Å². The molecule has 0 spiro atoms. The molecule has 1 saturated heterocycles. The highest BCUT2D eigenvalue weighted by molar-refractivity contribution is 7.89. The number of esters is 1. The van der Waals surface area contributed by atoms with Gasteiger partial charge in [-0.2, -0.15) is 4.31 Å². The molecule has 2 heterocycles. The van der Waals surface area contributed by atoms with Gasteiger partial charge < -0.3 is 10.1 Å². The lowest BCUT2D eigenvalue weighted by molar-refractivity contribution is -0.119. The molecule has 1 aromatic carbocycles. The fraction of sp³-hybridized carbons (Fsp3) is 0.429. The molecule has 2 aliphatic rings. The molecule has 1 amide bonds. The zero-order valence-corrected chi connectivity index (χ0v) is 18.7. The summed E-state index contributed by atoms with van der Waals surface area (Å²) in [5.74, 6) is -1.52. The molecule has 1 aromatic heterocycles. The number of carbonyl (C=O) groups excluding carboxylic acids is 2. The highest BCUT2D eigenvalue weighted by Gasteiger charge is 2.40. The second-order valence-corrected chi connectivity index (χ2v) is 10.6. The number of anilines is 1. The van der Waals surface area contributed by atoms with Crippen LogP contribution in [0.1, 0.15) is 46.5 Å². The van der Waals surface area contributed by atoms with Crippen LogP contribution in [0.5, 0.6) is 0 Å². The zero-order chi connectivity index (χ0) is 22.2. The first-order chi connectivity index (χ1) is 14.8. The van der Waals surface area contributed by atoms with Crippen molar-refractivity contribution in [3.8, 4) is 0 Å². The van der Waals surface area contributed by atoms with E-state index in [1.54, 1.807) is 0 Å². The van der Waals surface area contributed by atoms with Crippen molar-refractivity contribution in [2.75, 3.05) is 19.0 Å². The molecular formula is C21H23FN2O5S2. The number of aryl methyl sites for hydroxylation is 1. The van der Waals surface area contributed by atoms with Gasteiger partial charge in [-0.05, 0) is 68.4 Å². The van der Waals surface area contributed by atoms with E-state index >= 15 is 0 Å². The molecule has 2 aromatic rings. The van der Waals surface area contributed by atoms with Crippen LogP contribution in [-0.4, -0.2) is 44.3 Å². The third kappa shape index (κ3) is 4.11. The zero-order valence-electron chi connectivity index (χ0n) is 17.0. The summed E-state index contributed by atoms with van der Waals surface area (Å²) in [5.41, 5.74) is 1.29. The molecule has 7 nitrogen and oxygen atoms in total. The van der Waals surface area contributed by atoms with E-state index < -0.39 is 33.8 Å². The lowest BCUT2D eigenvalue weighted by Gasteiger charge is -2.23. The number of benzene rings is 1. The maximum absolute atomic E-state index is 13.2. The second kappa shape index (κ2) is 8.68. The highest BCUT2D eigenvalue weighted by atomic mass is 32.2. The van der Waals surface area contributed by atoms with Crippen LogP contribution in [0.15, 0.2) is 29.2 Å². The number of fused-ring (bicyclic) bond motifs is 1. The molecule has 31 heavy (non-hydrogen) atoms. The number of methoxy groups -OCH3 is 1. The maximum atomic E-state index is 13.2. The quantitative estimate of drug-likeness (QED) is 0.683.